The smallest absolute Gasteiger partial charge is 0.327 e. The third-order valence-corrected chi connectivity index (χ3v) is 5.07. The summed E-state index contributed by atoms with van der Waals surface area (Å²) < 4.78 is 12.2. The number of nitrogens with one attached hydrogen (secondary N) is 1. The van der Waals surface area contributed by atoms with Gasteiger partial charge in [0.25, 0.3) is 0 Å². The molecule has 0 saturated carbocycles. The first-order valence-electron chi connectivity index (χ1n) is 6.98. The van der Waals surface area contributed by atoms with Gasteiger partial charge in [0.05, 0.1) is 5.75 Å². The van der Waals surface area contributed by atoms with Crippen molar-refractivity contribution in [2.75, 3.05) is 18.8 Å². The molecule has 1 saturated heterocycles. The maximum atomic E-state index is 12.2. The maximum absolute atomic E-state index is 12.2. The minimum absolute atomic E-state index is 0.208. The normalized spacial score (nSPS) is 19.4. The first-order chi connectivity index (χ1) is 9.82. The van der Waals surface area contributed by atoms with Gasteiger partial charge in [0.15, 0.2) is 0 Å². The standard InChI is InChI=1S/C13H22N2O5S/c1-9(12(17)15-6-4-3-5-7-15)21(20)8-11(13(18)19)14-10(2)16/h9,11H,3-8H2,1-2H3,(H,14,16)(H,18,19)/t9?,11-,21?/m0/s1. The van der Waals surface area contributed by atoms with Crippen molar-refractivity contribution < 1.29 is 23.7 Å². The Morgan fingerprint density at radius 3 is 2.29 bits per heavy atom. The van der Waals surface area contributed by atoms with Gasteiger partial charge in [0.2, 0.25) is 11.8 Å². The second-order valence-electron chi connectivity index (χ2n) is 5.17. The summed E-state index contributed by atoms with van der Waals surface area (Å²) in [5.74, 6) is -2.24. The van der Waals surface area contributed by atoms with Crippen LogP contribution in [0.25, 0.3) is 0 Å². The minimum atomic E-state index is -1.65. The molecule has 0 bridgehead atoms. The van der Waals surface area contributed by atoms with E-state index in [0.717, 1.165) is 19.3 Å². The number of carboxylic acids is 1. The number of rotatable bonds is 6. The predicted octanol–water partition coefficient (Wildman–Crippen LogP) is -0.275. The molecule has 120 valence electrons. The van der Waals surface area contributed by atoms with Crippen LogP contribution in [0.1, 0.15) is 33.1 Å². The lowest BCUT2D eigenvalue weighted by Gasteiger charge is -2.29. The Kier molecular flexibility index (Phi) is 6.80. The van der Waals surface area contributed by atoms with Crippen LogP contribution in [0.3, 0.4) is 0 Å². The average Bonchev–Trinajstić information content (AvgIpc) is 2.45. The number of carboxylic acid groups (broad SMARTS) is 1. The number of hydrogen-bond acceptors (Lipinski definition) is 4. The number of carbonyl (C=O) groups is 3. The van der Waals surface area contributed by atoms with Crippen molar-refractivity contribution in [2.45, 2.75) is 44.4 Å². The van der Waals surface area contributed by atoms with Gasteiger partial charge in [-0.3, -0.25) is 13.8 Å². The molecule has 21 heavy (non-hydrogen) atoms. The fourth-order valence-electron chi connectivity index (χ4n) is 2.21. The van der Waals surface area contributed by atoms with E-state index in [-0.39, 0.29) is 11.7 Å². The van der Waals surface area contributed by atoms with Crippen LogP contribution in [0.5, 0.6) is 0 Å². The highest BCUT2D eigenvalue weighted by molar-refractivity contribution is 7.86. The molecule has 0 spiro atoms. The van der Waals surface area contributed by atoms with Gasteiger partial charge in [0, 0.05) is 30.8 Å². The highest BCUT2D eigenvalue weighted by Gasteiger charge is 2.30. The van der Waals surface area contributed by atoms with Crippen molar-refractivity contribution in [3.63, 3.8) is 0 Å². The van der Waals surface area contributed by atoms with E-state index in [1.807, 2.05) is 0 Å². The second-order valence-corrected chi connectivity index (χ2v) is 6.97. The van der Waals surface area contributed by atoms with E-state index < -0.39 is 34.0 Å². The molecule has 0 aliphatic carbocycles. The Balaban J connectivity index is 2.61. The number of amides is 2. The maximum Gasteiger partial charge on any atom is 0.327 e. The predicted molar refractivity (Wildman–Crippen MR) is 78.1 cm³/mol. The lowest BCUT2D eigenvalue weighted by Crippen LogP contribution is -2.47. The van der Waals surface area contributed by atoms with Gasteiger partial charge in [-0.2, -0.15) is 0 Å². The molecule has 0 radical (unpaired) electrons. The summed E-state index contributed by atoms with van der Waals surface area (Å²) in [6.07, 6.45) is 2.97. The van der Waals surface area contributed by atoms with E-state index in [4.69, 9.17) is 5.11 Å². The summed E-state index contributed by atoms with van der Waals surface area (Å²) >= 11 is 0. The molecule has 0 aromatic heterocycles. The molecular weight excluding hydrogens is 296 g/mol. The van der Waals surface area contributed by atoms with Crippen molar-refractivity contribution in [1.29, 1.82) is 0 Å². The molecule has 2 unspecified atom stereocenters. The molecule has 7 nitrogen and oxygen atoms in total. The van der Waals surface area contributed by atoms with Crippen molar-refractivity contribution in [3.05, 3.63) is 0 Å². The molecule has 1 aliphatic heterocycles. The van der Waals surface area contributed by atoms with Crippen LogP contribution in [0.15, 0.2) is 0 Å². The van der Waals surface area contributed by atoms with E-state index in [9.17, 15) is 18.6 Å². The van der Waals surface area contributed by atoms with Gasteiger partial charge < -0.3 is 15.3 Å². The molecular formula is C13H22N2O5S. The van der Waals surface area contributed by atoms with Gasteiger partial charge in [0.1, 0.15) is 11.3 Å². The number of nitrogens with zero attached hydrogens (tertiary/aromatic N) is 1. The third-order valence-electron chi connectivity index (χ3n) is 3.42. The molecule has 0 aromatic rings. The van der Waals surface area contributed by atoms with Crippen LogP contribution in [0.2, 0.25) is 0 Å². The van der Waals surface area contributed by atoms with Crippen LogP contribution in [0, 0.1) is 0 Å². The van der Waals surface area contributed by atoms with Crippen molar-refractivity contribution in [1.82, 2.24) is 10.2 Å². The van der Waals surface area contributed by atoms with Gasteiger partial charge >= 0.3 is 5.97 Å². The molecule has 1 rings (SSSR count). The summed E-state index contributed by atoms with van der Waals surface area (Å²) in [4.78, 5) is 35.9. The Morgan fingerprint density at radius 1 is 1.24 bits per heavy atom. The first-order valence-corrected chi connectivity index (χ1v) is 8.37. The quantitative estimate of drug-likeness (QED) is 0.701. The Hall–Kier alpha value is -1.44. The van der Waals surface area contributed by atoms with Gasteiger partial charge in [-0.1, -0.05) is 0 Å². The summed E-state index contributed by atoms with van der Waals surface area (Å²) in [7, 11) is -1.65. The van der Waals surface area contributed by atoms with Crippen LogP contribution in [-0.4, -0.2) is 62.1 Å². The zero-order valence-electron chi connectivity index (χ0n) is 12.3. The van der Waals surface area contributed by atoms with E-state index >= 15 is 0 Å². The van der Waals surface area contributed by atoms with Gasteiger partial charge in [-0.25, -0.2) is 4.79 Å². The van der Waals surface area contributed by atoms with Crippen LogP contribution in [0.4, 0.5) is 0 Å². The SMILES string of the molecule is CC(=O)N[C@@H](CS(=O)C(C)C(=O)N1CCCCC1)C(=O)O. The lowest BCUT2D eigenvalue weighted by molar-refractivity contribution is -0.140. The summed E-state index contributed by atoms with van der Waals surface area (Å²) in [5.41, 5.74) is 0. The Bertz CT molecular complexity index is 434. The summed E-state index contributed by atoms with van der Waals surface area (Å²) in [6, 6.07) is -1.24. The molecule has 1 fully saturated rings. The van der Waals surface area contributed by atoms with Gasteiger partial charge in [-0.15, -0.1) is 0 Å². The summed E-state index contributed by atoms with van der Waals surface area (Å²) in [5, 5.41) is 10.5. The number of carbonyl (C=O) groups excluding carboxylic acids is 2. The van der Waals surface area contributed by atoms with E-state index in [0.29, 0.717) is 13.1 Å². The largest absolute Gasteiger partial charge is 0.480 e. The molecule has 1 heterocycles. The number of piperidine rings is 1. The van der Waals surface area contributed by atoms with Gasteiger partial charge in [-0.05, 0) is 26.2 Å². The molecule has 3 atom stereocenters. The molecule has 8 heteroatoms. The van der Waals surface area contributed by atoms with Crippen LogP contribution < -0.4 is 5.32 Å². The van der Waals surface area contributed by atoms with Crippen molar-refractivity contribution in [3.8, 4) is 0 Å². The fourth-order valence-corrected chi connectivity index (χ4v) is 3.43. The Morgan fingerprint density at radius 2 is 1.81 bits per heavy atom. The van der Waals surface area contributed by atoms with Crippen molar-refractivity contribution >= 4 is 28.6 Å². The number of likely N-dealkylation sites (tertiary alicyclic amines) is 1. The second kappa shape index (κ2) is 8.11. The molecule has 1 aliphatic rings. The lowest BCUT2D eigenvalue weighted by atomic mass is 10.1. The summed E-state index contributed by atoms with van der Waals surface area (Å²) in [6.45, 7) is 4.06. The zero-order chi connectivity index (χ0) is 16.0. The number of aliphatic carboxylic acids is 1. The molecule has 2 N–H and O–H groups in total. The Labute approximate surface area is 126 Å². The van der Waals surface area contributed by atoms with E-state index in [1.165, 1.54) is 6.92 Å². The van der Waals surface area contributed by atoms with Crippen LogP contribution >= 0.6 is 0 Å². The van der Waals surface area contributed by atoms with Crippen LogP contribution in [-0.2, 0) is 25.2 Å². The minimum Gasteiger partial charge on any atom is -0.480 e. The number of hydrogen-bond donors (Lipinski definition) is 2. The monoisotopic (exact) mass is 318 g/mol. The highest BCUT2D eigenvalue weighted by atomic mass is 32.2. The molecule has 2 amide bonds. The van der Waals surface area contributed by atoms with Crippen molar-refractivity contribution in [2.24, 2.45) is 0 Å². The van der Waals surface area contributed by atoms with E-state index in [1.54, 1.807) is 11.8 Å². The first kappa shape index (κ1) is 17.6. The highest BCUT2D eigenvalue weighted by Crippen LogP contribution is 2.12. The topological polar surface area (TPSA) is 104 Å². The van der Waals surface area contributed by atoms with E-state index in [2.05, 4.69) is 5.32 Å². The third kappa shape index (κ3) is 5.45. The zero-order valence-corrected chi connectivity index (χ0v) is 13.1. The fraction of sp³-hybridized carbons (Fsp3) is 0.769. The average molecular weight is 318 g/mol. The molecule has 0 aromatic carbocycles.